The van der Waals surface area contributed by atoms with Gasteiger partial charge in [0.1, 0.15) is 11.5 Å². The summed E-state index contributed by atoms with van der Waals surface area (Å²) in [6, 6.07) is 16.1. The highest BCUT2D eigenvalue weighted by molar-refractivity contribution is 5.96. The minimum Gasteiger partial charge on any atom is -0.423 e. The third-order valence-corrected chi connectivity index (χ3v) is 4.24. The van der Waals surface area contributed by atoms with Gasteiger partial charge in [-0.15, -0.1) is 0 Å². The fourth-order valence-corrected chi connectivity index (χ4v) is 2.53. The average molecular weight is 376 g/mol. The summed E-state index contributed by atoms with van der Waals surface area (Å²) < 4.78 is 10.7. The van der Waals surface area contributed by atoms with Crippen LogP contribution in [0.15, 0.2) is 60.7 Å². The van der Waals surface area contributed by atoms with Gasteiger partial charge in [0.05, 0.1) is 11.1 Å². The molecular weight excluding hydrogens is 356 g/mol. The molecule has 3 rings (SSSR count). The summed E-state index contributed by atoms with van der Waals surface area (Å²) in [5.41, 5.74) is 14.8. The molecule has 0 radical (unpaired) electrons. The molecule has 0 atom stereocenters. The van der Waals surface area contributed by atoms with Crippen molar-refractivity contribution in [1.29, 1.82) is 0 Å². The first-order chi connectivity index (χ1) is 13.3. The van der Waals surface area contributed by atoms with Crippen molar-refractivity contribution in [3.8, 4) is 11.5 Å². The van der Waals surface area contributed by atoms with Gasteiger partial charge >= 0.3 is 11.9 Å². The number of benzene rings is 3. The molecule has 0 aromatic heterocycles. The summed E-state index contributed by atoms with van der Waals surface area (Å²) in [4.78, 5) is 24.8. The van der Waals surface area contributed by atoms with E-state index < -0.39 is 11.9 Å². The molecule has 28 heavy (non-hydrogen) atoms. The fourth-order valence-electron chi connectivity index (χ4n) is 2.53. The van der Waals surface area contributed by atoms with Crippen molar-refractivity contribution < 1.29 is 19.1 Å². The van der Waals surface area contributed by atoms with Crippen molar-refractivity contribution in [2.45, 2.75) is 13.8 Å². The van der Waals surface area contributed by atoms with E-state index in [1.807, 2.05) is 13.8 Å². The van der Waals surface area contributed by atoms with Gasteiger partial charge in [0.15, 0.2) is 0 Å². The van der Waals surface area contributed by atoms with Crippen LogP contribution in [-0.2, 0) is 0 Å². The normalized spacial score (nSPS) is 10.4. The zero-order valence-corrected chi connectivity index (χ0v) is 15.6. The fraction of sp³-hybridized carbons (Fsp3) is 0.0909. The van der Waals surface area contributed by atoms with E-state index >= 15 is 0 Å². The number of ether oxygens (including phenoxy) is 2. The number of anilines is 2. The Bertz CT molecular complexity index is 979. The van der Waals surface area contributed by atoms with Crippen molar-refractivity contribution in [2.75, 3.05) is 11.5 Å². The molecule has 0 aliphatic rings. The van der Waals surface area contributed by atoms with Crippen LogP contribution in [0.2, 0.25) is 0 Å². The maximum Gasteiger partial charge on any atom is 0.343 e. The van der Waals surface area contributed by atoms with E-state index in [1.54, 1.807) is 54.6 Å². The predicted molar refractivity (Wildman–Crippen MR) is 108 cm³/mol. The number of esters is 2. The third-order valence-electron chi connectivity index (χ3n) is 4.24. The Morgan fingerprint density at radius 3 is 1.50 bits per heavy atom. The molecule has 0 amide bonds. The van der Waals surface area contributed by atoms with Crippen LogP contribution in [0.25, 0.3) is 0 Å². The molecule has 3 aromatic rings. The number of rotatable bonds is 4. The molecule has 3 aromatic carbocycles. The summed E-state index contributed by atoms with van der Waals surface area (Å²) in [6.45, 7) is 3.64. The zero-order valence-electron chi connectivity index (χ0n) is 15.6. The first-order valence-corrected chi connectivity index (χ1v) is 8.60. The van der Waals surface area contributed by atoms with Crippen molar-refractivity contribution in [2.24, 2.45) is 0 Å². The lowest BCUT2D eigenvalue weighted by atomic mass is 10.1. The van der Waals surface area contributed by atoms with E-state index in [0.29, 0.717) is 22.9 Å². The highest BCUT2D eigenvalue weighted by Crippen LogP contribution is 2.21. The minimum atomic E-state index is -0.581. The standard InChI is InChI=1S/C22H20N2O4/c1-13-10-17(6-8-19(13)23)27-21(25)15-4-3-5-16(12-15)22(26)28-18-7-9-20(24)14(2)11-18/h3-12H,23-24H2,1-2H3. The Balaban J connectivity index is 1.75. The van der Waals surface area contributed by atoms with E-state index in [9.17, 15) is 9.59 Å². The molecule has 6 nitrogen and oxygen atoms in total. The molecule has 4 N–H and O–H groups in total. The molecule has 142 valence electrons. The Morgan fingerprint density at radius 2 is 1.11 bits per heavy atom. The largest absolute Gasteiger partial charge is 0.423 e. The van der Waals surface area contributed by atoms with Crippen LogP contribution >= 0.6 is 0 Å². The van der Waals surface area contributed by atoms with Crippen molar-refractivity contribution in [3.63, 3.8) is 0 Å². The molecule has 0 bridgehead atoms. The highest BCUT2D eigenvalue weighted by Gasteiger charge is 2.14. The number of nitrogens with two attached hydrogens (primary N) is 2. The Hall–Kier alpha value is -3.80. The maximum atomic E-state index is 12.4. The second-order valence-corrected chi connectivity index (χ2v) is 6.40. The Kier molecular flexibility index (Phi) is 5.31. The lowest BCUT2D eigenvalue weighted by molar-refractivity contribution is 0.0734. The van der Waals surface area contributed by atoms with Gasteiger partial charge in [-0.2, -0.15) is 0 Å². The second kappa shape index (κ2) is 7.84. The second-order valence-electron chi connectivity index (χ2n) is 6.40. The number of aryl methyl sites for hydroxylation is 2. The Labute approximate surface area is 162 Å². The van der Waals surface area contributed by atoms with Crippen LogP contribution in [-0.4, -0.2) is 11.9 Å². The summed E-state index contributed by atoms with van der Waals surface area (Å²) in [6.07, 6.45) is 0. The van der Waals surface area contributed by atoms with Crippen LogP contribution in [0.1, 0.15) is 31.8 Å². The number of carbonyl (C=O) groups is 2. The van der Waals surface area contributed by atoms with Gasteiger partial charge in [0.2, 0.25) is 0 Å². The molecule has 0 aliphatic carbocycles. The topological polar surface area (TPSA) is 105 Å². The summed E-state index contributed by atoms with van der Waals surface area (Å²) >= 11 is 0. The van der Waals surface area contributed by atoms with Crippen LogP contribution in [0.5, 0.6) is 11.5 Å². The van der Waals surface area contributed by atoms with Crippen LogP contribution in [0, 0.1) is 13.8 Å². The zero-order chi connectivity index (χ0) is 20.3. The van der Waals surface area contributed by atoms with Gasteiger partial charge < -0.3 is 20.9 Å². The first kappa shape index (κ1) is 19.0. The van der Waals surface area contributed by atoms with E-state index in [0.717, 1.165) is 11.1 Å². The lowest BCUT2D eigenvalue weighted by Gasteiger charge is -2.09. The molecular formula is C22H20N2O4. The average Bonchev–Trinajstić information content (AvgIpc) is 2.67. The van der Waals surface area contributed by atoms with Gasteiger partial charge in [-0.05, 0) is 79.6 Å². The van der Waals surface area contributed by atoms with Gasteiger partial charge in [0.25, 0.3) is 0 Å². The lowest BCUT2D eigenvalue weighted by Crippen LogP contribution is -2.12. The smallest absolute Gasteiger partial charge is 0.343 e. The van der Waals surface area contributed by atoms with E-state index in [2.05, 4.69) is 0 Å². The number of hydrogen-bond donors (Lipinski definition) is 2. The third kappa shape index (κ3) is 4.29. The monoisotopic (exact) mass is 376 g/mol. The molecule has 0 aliphatic heterocycles. The SMILES string of the molecule is Cc1cc(OC(=O)c2cccc(C(=O)Oc3ccc(N)c(C)c3)c2)ccc1N. The Morgan fingerprint density at radius 1 is 0.679 bits per heavy atom. The summed E-state index contributed by atoms with van der Waals surface area (Å²) in [7, 11) is 0. The number of nitrogen functional groups attached to an aromatic ring is 2. The molecule has 0 fully saturated rings. The number of carbonyl (C=O) groups excluding carboxylic acids is 2. The van der Waals surface area contributed by atoms with Crippen molar-refractivity contribution in [3.05, 3.63) is 82.9 Å². The van der Waals surface area contributed by atoms with Gasteiger partial charge in [-0.3, -0.25) is 0 Å². The van der Waals surface area contributed by atoms with Gasteiger partial charge in [0, 0.05) is 11.4 Å². The molecule has 0 heterocycles. The maximum absolute atomic E-state index is 12.4. The predicted octanol–water partition coefficient (Wildman–Crippen LogP) is 3.91. The summed E-state index contributed by atoms with van der Waals surface area (Å²) in [5.74, 6) is -0.409. The van der Waals surface area contributed by atoms with Crippen LogP contribution < -0.4 is 20.9 Å². The molecule has 0 unspecified atom stereocenters. The van der Waals surface area contributed by atoms with E-state index in [4.69, 9.17) is 20.9 Å². The van der Waals surface area contributed by atoms with Crippen molar-refractivity contribution in [1.82, 2.24) is 0 Å². The van der Waals surface area contributed by atoms with Crippen LogP contribution in [0.4, 0.5) is 11.4 Å². The van der Waals surface area contributed by atoms with Gasteiger partial charge in [-0.25, -0.2) is 9.59 Å². The molecule has 0 saturated heterocycles. The highest BCUT2D eigenvalue weighted by atomic mass is 16.5. The van der Waals surface area contributed by atoms with E-state index in [1.165, 1.54) is 6.07 Å². The quantitative estimate of drug-likeness (QED) is 0.406. The van der Waals surface area contributed by atoms with Crippen molar-refractivity contribution >= 4 is 23.3 Å². The first-order valence-electron chi connectivity index (χ1n) is 8.60. The number of hydrogen-bond acceptors (Lipinski definition) is 6. The minimum absolute atomic E-state index is 0.234. The van der Waals surface area contributed by atoms with Gasteiger partial charge in [-0.1, -0.05) is 6.07 Å². The molecule has 0 saturated carbocycles. The molecule has 6 heteroatoms. The summed E-state index contributed by atoms with van der Waals surface area (Å²) in [5, 5.41) is 0. The van der Waals surface area contributed by atoms with E-state index in [-0.39, 0.29) is 11.1 Å². The van der Waals surface area contributed by atoms with Crippen LogP contribution in [0.3, 0.4) is 0 Å². The molecule has 0 spiro atoms.